The van der Waals surface area contributed by atoms with Crippen LogP contribution in [0.25, 0.3) is 11.7 Å². The third-order valence-corrected chi connectivity index (χ3v) is 4.78. The molecule has 144 valence electrons. The average molecular weight is 384 g/mol. The van der Waals surface area contributed by atoms with Gasteiger partial charge < -0.3 is 15.8 Å². The highest BCUT2D eigenvalue weighted by atomic mass is 19.1. The maximum absolute atomic E-state index is 14.3. The molecule has 0 amide bonds. The molecule has 7 nitrogen and oxygen atoms in total. The molecule has 3 heterocycles. The van der Waals surface area contributed by atoms with Gasteiger partial charge in [0, 0.05) is 12.1 Å². The number of amidine groups is 1. The Bertz CT molecular complexity index is 1080. The molecule has 3 aromatic rings. The first-order valence-corrected chi connectivity index (χ1v) is 8.79. The summed E-state index contributed by atoms with van der Waals surface area (Å²) in [6.45, 7) is 0.684. The smallest absolute Gasteiger partial charge is 0.162 e. The highest BCUT2D eigenvalue weighted by molar-refractivity contribution is 5.94. The molecule has 1 aromatic carbocycles. The van der Waals surface area contributed by atoms with Gasteiger partial charge >= 0.3 is 0 Å². The minimum Gasteiger partial charge on any atom is -0.409 e. The Morgan fingerprint density at radius 1 is 1.29 bits per heavy atom. The number of hydrogen-bond acceptors (Lipinski definition) is 5. The fraction of sp³-hybridized carbons (Fsp3) is 0.211. The molecule has 9 heteroatoms. The fourth-order valence-electron chi connectivity index (χ4n) is 3.49. The molecular formula is C19H18F2N6O. The molecule has 0 aliphatic carbocycles. The molecule has 0 bridgehead atoms. The summed E-state index contributed by atoms with van der Waals surface area (Å²) in [5.74, 6) is -0.302. The van der Waals surface area contributed by atoms with Gasteiger partial charge in [0.25, 0.3) is 0 Å². The van der Waals surface area contributed by atoms with Gasteiger partial charge in [-0.15, -0.1) is 5.10 Å². The number of nitrogens with zero attached hydrogens (tertiary/aromatic N) is 5. The first-order valence-electron chi connectivity index (χ1n) is 8.79. The van der Waals surface area contributed by atoms with E-state index in [9.17, 15) is 8.78 Å². The highest BCUT2D eigenvalue weighted by Crippen LogP contribution is 2.36. The lowest BCUT2D eigenvalue weighted by atomic mass is 10.0. The normalized spacial score (nSPS) is 17.9. The first kappa shape index (κ1) is 17.9. The van der Waals surface area contributed by atoms with Crippen LogP contribution in [0.5, 0.6) is 0 Å². The first-order chi connectivity index (χ1) is 13.6. The molecule has 1 aliphatic rings. The average Bonchev–Trinajstić information content (AvgIpc) is 3.34. The van der Waals surface area contributed by atoms with Crippen molar-refractivity contribution in [3.8, 4) is 0 Å². The number of rotatable bonds is 4. The molecule has 3 N–H and O–H groups in total. The lowest BCUT2D eigenvalue weighted by Crippen LogP contribution is -2.25. The van der Waals surface area contributed by atoms with Crippen molar-refractivity contribution in [2.75, 3.05) is 11.4 Å². The third-order valence-electron chi connectivity index (χ3n) is 4.78. The van der Waals surface area contributed by atoms with Crippen LogP contribution >= 0.6 is 0 Å². The predicted molar refractivity (Wildman–Crippen MR) is 101 cm³/mol. The maximum Gasteiger partial charge on any atom is 0.162 e. The van der Waals surface area contributed by atoms with Crippen LogP contribution in [0.1, 0.15) is 30.1 Å². The molecule has 4 rings (SSSR count). The number of imidazole rings is 1. The monoisotopic (exact) mass is 384 g/mol. The molecule has 1 fully saturated rings. The number of fused-ring (bicyclic) bond motifs is 1. The number of halogens is 2. The van der Waals surface area contributed by atoms with E-state index in [1.54, 1.807) is 22.9 Å². The molecule has 28 heavy (non-hydrogen) atoms. The van der Waals surface area contributed by atoms with Gasteiger partial charge in [-0.05, 0) is 55.3 Å². The highest BCUT2D eigenvalue weighted by Gasteiger charge is 2.30. The summed E-state index contributed by atoms with van der Waals surface area (Å²) in [6.07, 6.45) is 6.22. The number of anilines is 1. The van der Waals surface area contributed by atoms with Crippen molar-refractivity contribution in [2.24, 2.45) is 10.9 Å². The van der Waals surface area contributed by atoms with Crippen LogP contribution in [0.15, 0.2) is 47.8 Å². The number of hydrogen-bond donors (Lipinski definition) is 2. The SMILES string of the molecule is NC(/C=C/c1cnc2ccc(N3CCC[C@@H]3c3cc(F)ccc3F)nn12)=N/O. The third kappa shape index (κ3) is 3.26. The summed E-state index contributed by atoms with van der Waals surface area (Å²) in [5, 5.41) is 16.2. The summed E-state index contributed by atoms with van der Waals surface area (Å²) in [7, 11) is 0. The predicted octanol–water partition coefficient (Wildman–Crippen LogP) is 3.11. The van der Waals surface area contributed by atoms with Crippen LogP contribution in [0.2, 0.25) is 0 Å². The zero-order chi connectivity index (χ0) is 19.7. The van der Waals surface area contributed by atoms with E-state index < -0.39 is 11.6 Å². The lowest BCUT2D eigenvalue weighted by molar-refractivity contribution is 0.319. The quantitative estimate of drug-likeness (QED) is 0.312. The lowest BCUT2D eigenvalue weighted by Gasteiger charge is -2.26. The van der Waals surface area contributed by atoms with Gasteiger partial charge in [-0.3, -0.25) is 0 Å². The van der Waals surface area contributed by atoms with Crippen molar-refractivity contribution < 1.29 is 14.0 Å². The van der Waals surface area contributed by atoms with Crippen molar-refractivity contribution in [1.82, 2.24) is 14.6 Å². The van der Waals surface area contributed by atoms with Crippen LogP contribution in [0, 0.1) is 11.6 Å². The summed E-state index contributed by atoms with van der Waals surface area (Å²) >= 11 is 0. The second kappa shape index (κ2) is 7.26. The van der Waals surface area contributed by atoms with Crippen LogP contribution < -0.4 is 10.6 Å². The molecule has 0 spiro atoms. The molecule has 1 aliphatic heterocycles. The van der Waals surface area contributed by atoms with E-state index in [1.165, 1.54) is 12.1 Å². The van der Waals surface area contributed by atoms with Gasteiger partial charge in [0.2, 0.25) is 0 Å². The minimum atomic E-state index is -0.461. The van der Waals surface area contributed by atoms with Gasteiger partial charge in [0.1, 0.15) is 17.5 Å². The molecule has 0 saturated carbocycles. The summed E-state index contributed by atoms with van der Waals surface area (Å²) < 4.78 is 29.6. The zero-order valence-electron chi connectivity index (χ0n) is 14.8. The van der Waals surface area contributed by atoms with E-state index in [0.717, 1.165) is 18.6 Å². The van der Waals surface area contributed by atoms with Gasteiger partial charge in [-0.25, -0.2) is 18.3 Å². The van der Waals surface area contributed by atoms with E-state index in [1.807, 2.05) is 11.0 Å². The molecule has 0 radical (unpaired) electrons. The van der Waals surface area contributed by atoms with Crippen molar-refractivity contribution in [3.05, 3.63) is 65.5 Å². The summed E-state index contributed by atoms with van der Waals surface area (Å²) in [5.41, 5.74) is 7.05. The molecule has 1 atom stereocenters. The van der Waals surface area contributed by atoms with Crippen molar-refractivity contribution in [3.63, 3.8) is 0 Å². The van der Waals surface area contributed by atoms with Crippen LogP contribution in [0.3, 0.4) is 0 Å². The summed E-state index contributed by atoms with van der Waals surface area (Å²) in [4.78, 5) is 6.24. The van der Waals surface area contributed by atoms with Gasteiger partial charge in [-0.2, -0.15) is 0 Å². The molecule has 0 unspecified atom stereocenters. The standard InChI is InChI=1S/C19H18F2N6O/c20-12-3-5-15(21)14(10-12)16-2-1-9-26(16)19-8-7-18-23-11-13(27(18)24-19)4-6-17(22)25-28/h3-8,10-11,16,28H,1-2,9H2,(H2,22,25)/b6-4+/t16-/m1/s1. The van der Waals surface area contributed by atoms with Gasteiger partial charge in [0.05, 0.1) is 17.9 Å². The van der Waals surface area contributed by atoms with E-state index >= 15 is 0 Å². The van der Waals surface area contributed by atoms with E-state index in [0.29, 0.717) is 35.7 Å². The largest absolute Gasteiger partial charge is 0.409 e. The zero-order valence-corrected chi connectivity index (χ0v) is 14.8. The number of benzene rings is 1. The van der Waals surface area contributed by atoms with Crippen molar-refractivity contribution in [2.45, 2.75) is 18.9 Å². The number of oxime groups is 1. The van der Waals surface area contributed by atoms with E-state index in [2.05, 4.69) is 15.2 Å². The van der Waals surface area contributed by atoms with E-state index in [-0.39, 0.29) is 11.9 Å². The Kier molecular flexibility index (Phi) is 4.64. The Labute approximate surface area is 159 Å². The fourth-order valence-corrected chi connectivity index (χ4v) is 3.49. The Morgan fingerprint density at radius 2 is 2.14 bits per heavy atom. The van der Waals surface area contributed by atoms with Gasteiger partial charge in [0.15, 0.2) is 11.5 Å². The number of aromatic nitrogens is 3. The second-order valence-corrected chi connectivity index (χ2v) is 6.52. The topological polar surface area (TPSA) is 92.0 Å². The van der Waals surface area contributed by atoms with E-state index in [4.69, 9.17) is 10.9 Å². The number of nitrogens with two attached hydrogens (primary N) is 1. The van der Waals surface area contributed by atoms with Crippen LogP contribution in [-0.4, -0.2) is 32.2 Å². The Hall–Kier alpha value is -3.49. The van der Waals surface area contributed by atoms with Crippen LogP contribution in [0.4, 0.5) is 14.6 Å². The van der Waals surface area contributed by atoms with Crippen molar-refractivity contribution >= 4 is 23.4 Å². The Morgan fingerprint density at radius 3 is 2.96 bits per heavy atom. The Balaban J connectivity index is 1.72. The second-order valence-electron chi connectivity index (χ2n) is 6.52. The molecule has 1 saturated heterocycles. The minimum absolute atomic E-state index is 0.0488. The molecular weight excluding hydrogens is 366 g/mol. The van der Waals surface area contributed by atoms with Gasteiger partial charge in [-0.1, -0.05) is 5.16 Å². The summed E-state index contributed by atoms with van der Waals surface area (Å²) in [6, 6.07) is 6.85. The van der Waals surface area contributed by atoms with Crippen molar-refractivity contribution in [1.29, 1.82) is 0 Å². The molecule has 2 aromatic heterocycles. The maximum atomic E-state index is 14.3. The van der Waals surface area contributed by atoms with Crippen LogP contribution in [-0.2, 0) is 0 Å².